The SMILES string of the molecule is CC(CNC(=O)OC(C)(C)C)c1ccc(N(C)c2ccc(O)cc2)cc1. The van der Waals surface area contributed by atoms with Gasteiger partial charge in [-0.2, -0.15) is 0 Å². The first-order valence-corrected chi connectivity index (χ1v) is 8.75. The minimum atomic E-state index is -0.492. The van der Waals surface area contributed by atoms with Gasteiger partial charge in [0.2, 0.25) is 0 Å². The van der Waals surface area contributed by atoms with E-state index >= 15 is 0 Å². The minimum Gasteiger partial charge on any atom is -0.508 e. The number of aromatic hydroxyl groups is 1. The molecule has 0 aliphatic heterocycles. The number of ether oxygens (including phenoxy) is 1. The molecule has 5 heteroatoms. The Morgan fingerprint density at radius 2 is 1.58 bits per heavy atom. The van der Waals surface area contributed by atoms with Crippen LogP contribution >= 0.6 is 0 Å². The van der Waals surface area contributed by atoms with Gasteiger partial charge < -0.3 is 20.1 Å². The summed E-state index contributed by atoms with van der Waals surface area (Å²) in [5.41, 5.74) is 2.69. The highest BCUT2D eigenvalue weighted by Gasteiger charge is 2.17. The molecular formula is C21H28N2O3. The summed E-state index contributed by atoms with van der Waals surface area (Å²) >= 11 is 0. The van der Waals surface area contributed by atoms with Crippen molar-refractivity contribution < 1.29 is 14.6 Å². The van der Waals surface area contributed by atoms with E-state index in [-0.39, 0.29) is 11.7 Å². The quantitative estimate of drug-likeness (QED) is 0.809. The third-order valence-corrected chi connectivity index (χ3v) is 4.04. The molecular weight excluding hydrogens is 328 g/mol. The van der Waals surface area contributed by atoms with E-state index in [1.807, 2.05) is 57.0 Å². The van der Waals surface area contributed by atoms with E-state index in [1.165, 1.54) is 0 Å². The summed E-state index contributed by atoms with van der Waals surface area (Å²) in [5, 5.41) is 12.2. The van der Waals surface area contributed by atoms with Gasteiger partial charge in [-0.25, -0.2) is 4.79 Å². The van der Waals surface area contributed by atoms with Crippen LogP contribution < -0.4 is 10.2 Å². The average Bonchev–Trinajstić information content (AvgIpc) is 2.58. The molecule has 26 heavy (non-hydrogen) atoms. The number of phenols is 1. The van der Waals surface area contributed by atoms with Crippen molar-refractivity contribution in [3.8, 4) is 5.75 Å². The maximum Gasteiger partial charge on any atom is 0.407 e. The Morgan fingerprint density at radius 3 is 2.08 bits per heavy atom. The summed E-state index contributed by atoms with van der Waals surface area (Å²) < 4.78 is 5.26. The maximum absolute atomic E-state index is 11.8. The van der Waals surface area contributed by atoms with E-state index in [2.05, 4.69) is 24.4 Å². The number of rotatable bonds is 5. The van der Waals surface area contributed by atoms with Crippen LogP contribution in [0.25, 0.3) is 0 Å². The normalized spacial score (nSPS) is 12.3. The lowest BCUT2D eigenvalue weighted by Crippen LogP contribution is -2.34. The van der Waals surface area contributed by atoms with Gasteiger partial charge >= 0.3 is 6.09 Å². The van der Waals surface area contributed by atoms with E-state index in [1.54, 1.807) is 12.1 Å². The van der Waals surface area contributed by atoms with Gasteiger partial charge in [-0.3, -0.25) is 0 Å². The zero-order chi connectivity index (χ0) is 19.3. The Bertz CT molecular complexity index is 718. The molecule has 5 nitrogen and oxygen atoms in total. The second kappa shape index (κ2) is 8.13. The summed E-state index contributed by atoms with van der Waals surface area (Å²) in [6.45, 7) is 8.12. The molecule has 140 valence electrons. The molecule has 2 aromatic rings. The minimum absolute atomic E-state index is 0.176. The number of hydrogen-bond donors (Lipinski definition) is 2. The number of nitrogens with zero attached hydrogens (tertiary/aromatic N) is 1. The van der Waals surface area contributed by atoms with Crippen molar-refractivity contribution >= 4 is 17.5 Å². The van der Waals surface area contributed by atoms with Crippen LogP contribution in [0.1, 0.15) is 39.2 Å². The molecule has 2 aromatic carbocycles. The van der Waals surface area contributed by atoms with Gasteiger partial charge in [-0.05, 0) is 68.7 Å². The molecule has 2 rings (SSSR count). The van der Waals surface area contributed by atoms with Crippen molar-refractivity contribution in [1.82, 2.24) is 5.32 Å². The standard InChI is InChI=1S/C21H28N2O3/c1-15(14-22-20(25)26-21(2,3)4)16-6-8-17(9-7-16)23(5)18-10-12-19(24)13-11-18/h6-13,15,24H,14H2,1-5H3,(H,22,25). The molecule has 0 aliphatic carbocycles. The summed E-state index contributed by atoms with van der Waals surface area (Å²) in [4.78, 5) is 13.8. The van der Waals surface area contributed by atoms with Crippen molar-refractivity contribution in [2.75, 3.05) is 18.5 Å². The maximum atomic E-state index is 11.8. The zero-order valence-electron chi connectivity index (χ0n) is 16.1. The first-order chi connectivity index (χ1) is 12.2. The van der Waals surface area contributed by atoms with E-state index in [0.717, 1.165) is 16.9 Å². The van der Waals surface area contributed by atoms with Gasteiger partial charge in [0.25, 0.3) is 0 Å². The molecule has 0 fully saturated rings. The predicted molar refractivity (Wildman–Crippen MR) is 105 cm³/mol. The predicted octanol–water partition coefficient (Wildman–Crippen LogP) is 4.79. The zero-order valence-corrected chi connectivity index (χ0v) is 16.1. The number of alkyl carbamates (subject to hydrolysis) is 1. The number of carbonyl (C=O) groups excluding carboxylic acids is 1. The van der Waals surface area contributed by atoms with E-state index in [4.69, 9.17) is 4.74 Å². The van der Waals surface area contributed by atoms with Crippen molar-refractivity contribution in [2.24, 2.45) is 0 Å². The fourth-order valence-electron chi connectivity index (χ4n) is 2.52. The third-order valence-electron chi connectivity index (χ3n) is 4.04. The van der Waals surface area contributed by atoms with Crippen molar-refractivity contribution in [1.29, 1.82) is 0 Å². The van der Waals surface area contributed by atoms with Crippen LogP contribution in [-0.4, -0.2) is 30.4 Å². The van der Waals surface area contributed by atoms with Crippen molar-refractivity contribution in [2.45, 2.75) is 39.2 Å². The lowest BCUT2D eigenvalue weighted by atomic mass is 10.0. The molecule has 1 amide bonds. The number of anilines is 2. The third kappa shape index (κ3) is 5.69. The number of amides is 1. The Kier molecular flexibility index (Phi) is 6.14. The van der Waals surface area contributed by atoms with Crippen LogP contribution in [0.3, 0.4) is 0 Å². The second-order valence-corrected chi connectivity index (χ2v) is 7.45. The Morgan fingerprint density at radius 1 is 1.08 bits per heavy atom. The molecule has 0 aliphatic rings. The summed E-state index contributed by atoms with van der Waals surface area (Å²) in [7, 11) is 1.98. The number of hydrogen-bond acceptors (Lipinski definition) is 4. The molecule has 0 bridgehead atoms. The van der Waals surface area contributed by atoms with Gasteiger partial charge in [0.05, 0.1) is 0 Å². The van der Waals surface area contributed by atoms with Crippen LogP contribution in [0.4, 0.5) is 16.2 Å². The summed E-state index contributed by atoms with van der Waals surface area (Å²) in [6.07, 6.45) is -0.395. The summed E-state index contributed by atoms with van der Waals surface area (Å²) in [5.74, 6) is 0.430. The second-order valence-electron chi connectivity index (χ2n) is 7.45. The van der Waals surface area contributed by atoms with Gasteiger partial charge in [-0.15, -0.1) is 0 Å². The van der Waals surface area contributed by atoms with Crippen LogP contribution in [0.5, 0.6) is 5.75 Å². The van der Waals surface area contributed by atoms with Crippen molar-refractivity contribution in [3.05, 3.63) is 54.1 Å². The highest BCUT2D eigenvalue weighted by molar-refractivity contribution is 5.67. The molecule has 1 atom stereocenters. The van der Waals surface area contributed by atoms with Crippen LogP contribution in [-0.2, 0) is 4.74 Å². The average molecular weight is 356 g/mol. The molecule has 0 heterocycles. The van der Waals surface area contributed by atoms with Crippen molar-refractivity contribution in [3.63, 3.8) is 0 Å². The fraction of sp³-hybridized carbons (Fsp3) is 0.381. The Balaban J connectivity index is 1.95. The molecule has 0 aromatic heterocycles. The molecule has 1 unspecified atom stereocenters. The number of benzene rings is 2. The number of carbonyl (C=O) groups is 1. The van der Waals surface area contributed by atoms with E-state index in [9.17, 15) is 9.90 Å². The Hall–Kier alpha value is -2.69. The highest BCUT2D eigenvalue weighted by Crippen LogP contribution is 2.26. The van der Waals surface area contributed by atoms with Gasteiger partial charge in [0, 0.05) is 25.0 Å². The molecule has 0 saturated carbocycles. The largest absolute Gasteiger partial charge is 0.508 e. The van der Waals surface area contributed by atoms with Crippen LogP contribution in [0.15, 0.2) is 48.5 Å². The van der Waals surface area contributed by atoms with Gasteiger partial charge in [-0.1, -0.05) is 19.1 Å². The smallest absolute Gasteiger partial charge is 0.407 e. The Labute approximate surface area is 155 Å². The fourth-order valence-corrected chi connectivity index (χ4v) is 2.52. The first kappa shape index (κ1) is 19.6. The van der Waals surface area contributed by atoms with E-state index < -0.39 is 11.7 Å². The highest BCUT2D eigenvalue weighted by atomic mass is 16.6. The molecule has 0 radical (unpaired) electrons. The van der Waals surface area contributed by atoms with Crippen LogP contribution in [0, 0.1) is 0 Å². The molecule has 2 N–H and O–H groups in total. The molecule has 0 saturated heterocycles. The van der Waals surface area contributed by atoms with Gasteiger partial charge in [0.1, 0.15) is 11.4 Å². The number of nitrogens with one attached hydrogen (secondary N) is 1. The van der Waals surface area contributed by atoms with E-state index in [0.29, 0.717) is 6.54 Å². The topological polar surface area (TPSA) is 61.8 Å². The monoisotopic (exact) mass is 356 g/mol. The lowest BCUT2D eigenvalue weighted by Gasteiger charge is -2.22. The lowest BCUT2D eigenvalue weighted by molar-refractivity contribution is 0.0525. The summed E-state index contributed by atoms with van der Waals surface area (Å²) in [6, 6.07) is 15.3. The molecule has 0 spiro atoms. The number of phenolic OH excluding ortho intramolecular Hbond substituents is 1. The first-order valence-electron chi connectivity index (χ1n) is 8.75. The van der Waals surface area contributed by atoms with Gasteiger partial charge in [0.15, 0.2) is 0 Å². The van der Waals surface area contributed by atoms with Crippen LogP contribution in [0.2, 0.25) is 0 Å².